The van der Waals surface area contributed by atoms with Crippen molar-refractivity contribution in [2.24, 2.45) is 39.8 Å². The molecule has 6 amide bonds. The van der Waals surface area contributed by atoms with E-state index in [4.69, 9.17) is 22.9 Å². The maximum absolute atomic E-state index is 13.6. The van der Waals surface area contributed by atoms with Gasteiger partial charge in [0, 0.05) is 19.5 Å². The molecule has 0 spiro atoms. The zero-order valence-electron chi connectivity index (χ0n) is 32.9. The number of nitrogens with one attached hydrogen (secondary N) is 5. The molecule has 0 aliphatic carbocycles. The standard InChI is InChI=1S/C35H63N11O10/c1-19(2)17-24(30(51)45-28(20(3)4)32(53)43-23(34(55)56)10-7-15-40-35(38)39)44-29(50)22(12-13-27(48)49)42-26(47)18-41-31(52)25-11-8-16-46(25)33(54)21(37)9-5-6-14-36/h19-25,28H,5-18,36-37H2,1-4H3,(H,41,52)(H,42,47)(H,43,53)(H,44,50)(H,45,51)(H,48,49)(H,55,56)(H4,38,39,40)/t21-,22-,23-,24-,25-,28-/m0/s1. The van der Waals surface area contributed by atoms with Crippen LogP contribution in [0.4, 0.5) is 0 Å². The summed E-state index contributed by atoms with van der Waals surface area (Å²) < 4.78 is 0. The second-order valence-corrected chi connectivity index (χ2v) is 14.6. The van der Waals surface area contributed by atoms with Crippen LogP contribution in [-0.4, -0.2) is 131 Å². The van der Waals surface area contributed by atoms with Crippen molar-refractivity contribution in [3.63, 3.8) is 0 Å². The van der Waals surface area contributed by atoms with Crippen LogP contribution in [0.2, 0.25) is 0 Å². The lowest BCUT2D eigenvalue weighted by molar-refractivity contribution is -0.143. The van der Waals surface area contributed by atoms with Gasteiger partial charge in [-0.25, -0.2) is 4.79 Å². The zero-order chi connectivity index (χ0) is 42.5. The maximum atomic E-state index is 13.6. The monoisotopic (exact) mass is 797 g/mol. The Morgan fingerprint density at radius 2 is 1.45 bits per heavy atom. The molecule has 1 saturated heterocycles. The lowest BCUT2D eigenvalue weighted by atomic mass is 9.99. The van der Waals surface area contributed by atoms with Crippen LogP contribution < -0.4 is 49.5 Å². The van der Waals surface area contributed by atoms with Crippen LogP contribution in [0.15, 0.2) is 4.99 Å². The summed E-state index contributed by atoms with van der Waals surface area (Å²) in [5, 5.41) is 31.4. The van der Waals surface area contributed by atoms with Crippen molar-refractivity contribution < 1.29 is 48.6 Å². The van der Waals surface area contributed by atoms with Crippen molar-refractivity contribution in [1.29, 1.82) is 0 Å². The smallest absolute Gasteiger partial charge is 0.326 e. The Morgan fingerprint density at radius 1 is 0.804 bits per heavy atom. The Bertz CT molecular complexity index is 1390. The first kappa shape index (κ1) is 49.0. The van der Waals surface area contributed by atoms with E-state index in [0.29, 0.717) is 45.2 Å². The fraction of sp³-hybridized carbons (Fsp3) is 0.743. The van der Waals surface area contributed by atoms with E-state index >= 15 is 0 Å². The van der Waals surface area contributed by atoms with E-state index in [-0.39, 0.29) is 50.0 Å². The molecule has 0 saturated carbocycles. The summed E-state index contributed by atoms with van der Waals surface area (Å²) in [6, 6.07) is -6.85. The fourth-order valence-electron chi connectivity index (χ4n) is 6.00. The molecule has 0 aromatic carbocycles. The zero-order valence-corrected chi connectivity index (χ0v) is 32.9. The number of amides is 6. The lowest BCUT2D eigenvalue weighted by Gasteiger charge is -2.28. The average Bonchev–Trinajstić information content (AvgIpc) is 3.61. The van der Waals surface area contributed by atoms with Crippen LogP contribution in [0.3, 0.4) is 0 Å². The first-order chi connectivity index (χ1) is 26.3. The predicted molar refractivity (Wildman–Crippen MR) is 205 cm³/mol. The number of rotatable bonds is 26. The minimum Gasteiger partial charge on any atom is -0.481 e. The van der Waals surface area contributed by atoms with Crippen molar-refractivity contribution >= 4 is 53.3 Å². The highest BCUT2D eigenvalue weighted by Gasteiger charge is 2.37. The molecule has 1 heterocycles. The number of carbonyl (C=O) groups excluding carboxylic acids is 6. The van der Waals surface area contributed by atoms with E-state index in [9.17, 15) is 48.6 Å². The second-order valence-electron chi connectivity index (χ2n) is 14.6. The van der Waals surface area contributed by atoms with Crippen molar-refractivity contribution in [2.75, 3.05) is 26.2 Å². The number of nitrogens with zero attached hydrogens (tertiary/aromatic N) is 2. The molecule has 1 rings (SSSR count). The molecule has 1 fully saturated rings. The van der Waals surface area contributed by atoms with Crippen LogP contribution in [-0.2, 0) is 38.4 Å². The van der Waals surface area contributed by atoms with Crippen LogP contribution in [0.1, 0.15) is 91.9 Å². The lowest BCUT2D eigenvalue weighted by Crippen LogP contribution is -2.59. The van der Waals surface area contributed by atoms with Gasteiger partial charge >= 0.3 is 11.9 Å². The molecule has 6 atom stereocenters. The summed E-state index contributed by atoms with van der Waals surface area (Å²) in [6.07, 6.45) is 2.12. The number of aliphatic imine (C=N–C) groups is 1. The van der Waals surface area contributed by atoms with Crippen LogP contribution in [0.25, 0.3) is 0 Å². The fourth-order valence-corrected chi connectivity index (χ4v) is 6.00. The van der Waals surface area contributed by atoms with Crippen molar-refractivity contribution in [1.82, 2.24) is 31.5 Å². The number of guanidine groups is 1. The molecule has 21 nitrogen and oxygen atoms in total. The largest absolute Gasteiger partial charge is 0.481 e. The third-order valence-corrected chi connectivity index (χ3v) is 8.99. The van der Waals surface area contributed by atoms with Gasteiger partial charge in [-0.05, 0) is 69.7 Å². The van der Waals surface area contributed by atoms with Crippen LogP contribution in [0, 0.1) is 11.8 Å². The first-order valence-corrected chi connectivity index (χ1v) is 19.0. The summed E-state index contributed by atoms with van der Waals surface area (Å²) in [5.74, 6) is -7.64. The molecule has 318 valence electrons. The third kappa shape index (κ3) is 18.1. The Morgan fingerprint density at radius 3 is 2.02 bits per heavy atom. The van der Waals surface area contributed by atoms with E-state index in [1.165, 1.54) is 4.90 Å². The minimum atomic E-state index is -1.44. The molecule has 21 heteroatoms. The average molecular weight is 798 g/mol. The number of carbonyl (C=O) groups is 8. The van der Waals surface area contributed by atoms with Gasteiger partial charge in [-0.3, -0.25) is 38.6 Å². The molecule has 0 unspecified atom stereocenters. The van der Waals surface area contributed by atoms with Crippen LogP contribution >= 0.6 is 0 Å². The molecule has 0 aromatic heterocycles. The molecular formula is C35H63N11O10. The van der Waals surface area contributed by atoms with E-state index in [1.54, 1.807) is 27.7 Å². The van der Waals surface area contributed by atoms with Gasteiger partial charge in [-0.1, -0.05) is 34.1 Å². The molecule has 0 bridgehead atoms. The normalized spacial score (nSPS) is 16.5. The number of hydrogen-bond donors (Lipinski definition) is 11. The summed E-state index contributed by atoms with van der Waals surface area (Å²) in [7, 11) is 0. The maximum Gasteiger partial charge on any atom is 0.326 e. The number of likely N-dealkylation sites (tertiary alicyclic amines) is 1. The number of aliphatic carboxylic acids is 2. The SMILES string of the molecule is CC(C)C[C@H](NC(=O)[C@H](CCC(=O)O)NC(=O)CNC(=O)[C@@H]1CCCN1C(=O)[C@@H](N)CCCCN)C(=O)N[C@H](C(=O)N[C@@H](CCCN=C(N)N)C(=O)O)C(C)C. The van der Waals surface area contributed by atoms with Gasteiger partial charge in [-0.15, -0.1) is 0 Å². The van der Waals surface area contributed by atoms with Gasteiger partial charge < -0.3 is 64.6 Å². The highest BCUT2D eigenvalue weighted by Crippen LogP contribution is 2.19. The van der Waals surface area contributed by atoms with E-state index in [0.717, 1.165) is 0 Å². The highest BCUT2D eigenvalue weighted by molar-refractivity contribution is 5.96. The topological polar surface area (TPSA) is 357 Å². The van der Waals surface area contributed by atoms with Crippen molar-refractivity contribution in [3.05, 3.63) is 0 Å². The molecule has 0 aromatic rings. The predicted octanol–water partition coefficient (Wildman–Crippen LogP) is -2.81. The van der Waals surface area contributed by atoms with Crippen molar-refractivity contribution in [3.8, 4) is 0 Å². The molecule has 1 aliphatic rings. The van der Waals surface area contributed by atoms with Gasteiger partial charge in [0.25, 0.3) is 0 Å². The van der Waals surface area contributed by atoms with E-state index in [2.05, 4.69) is 31.6 Å². The molecule has 1 aliphatic heterocycles. The molecule has 0 radical (unpaired) electrons. The summed E-state index contributed by atoms with van der Waals surface area (Å²) in [4.78, 5) is 108. The number of unbranched alkanes of at least 4 members (excludes halogenated alkanes) is 1. The number of carboxylic acid groups (broad SMARTS) is 2. The van der Waals surface area contributed by atoms with Gasteiger partial charge in [0.1, 0.15) is 30.2 Å². The Labute approximate surface area is 327 Å². The van der Waals surface area contributed by atoms with Gasteiger partial charge in [0.05, 0.1) is 12.6 Å². The quantitative estimate of drug-likeness (QED) is 0.0239. The third-order valence-electron chi connectivity index (χ3n) is 8.99. The Kier molecular flexibility index (Phi) is 22.0. The number of carboxylic acids is 2. The van der Waals surface area contributed by atoms with Gasteiger partial charge in [0.2, 0.25) is 35.4 Å². The highest BCUT2D eigenvalue weighted by atomic mass is 16.4. The van der Waals surface area contributed by atoms with Gasteiger partial charge in [-0.2, -0.15) is 0 Å². The van der Waals surface area contributed by atoms with E-state index < -0.39 is 96.6 Å². The van der Waals surface area contributed by atoms with E-state index in [1.807, 2.05) is 0 Å². The Hall–Kier alpha value is -5.05. The summed E-state index contributed by atoms with van der Waals surface area (Å²) in [6.45, 7) is 7.15. The minimum absolute atomic E-state index is 0.000841. The number of hydrogen-bond acceptors (Lipinski definition) is 11. The first-order valence-electron chi connectivity index (χ1n) is 19.0. The van der Waals surface area contributed by atoms with Gasteiger partial charge in [0.15, 0.2) is 5.96 Å². The van der Waals surface area contributed by atoms with Crippen LogP contribution in [0.5, 0.6) is 0 Å². The molecular weight excluding hydrogens is 734 g/mol. The summed E-state index contributed by atoms with van der Waals surface area (Å²) in [5.41, 5.74) is 22.2. The number of nitrogens with two attached hydrogens (primary N) is 4. The molecule has 15 N–H and O–H groups in total. The summed E-state index contributed by atoms with van der Waals surface area (Å²) >= 11 is 0. The second kappa shape index (κ2) is 25.2. The molecule has 56 heavy (non-hydrogen) atoms. The Balaban J connectivity index is 3.02. The van der Waals surface area contributed by atoms with Crippen molar-refractivity contribution in [2.45, 2.75) is 128 Å².